The Balaban J connectivity index is 0. The molecule has 0 radical (unpaired) electrons. The van der Waals surface area contributed by atoms with E-state index in [-0.39, 0.29) is 0 Å². The van der Waals surface area contributed by atoms with Crippen molar-refractivity contribution in [3.8, 4) is 0 Å². The first-order valence-corrected chi connectivity index (χ1v) is 8.38. The maximum absolute atomic E-state index is 10.8. The Morgan fingerprint density at radius 3 is 1.69 bits per heavy atom. The summed E-state index contributed by atoms with van der Waals surface area (Å²) in [6, 6.07) is 0. The molecule has 0 spiro atoms. The number of rotatable bonds is 6. The van der Waals surface area contributed by atoms with Gasteiger partial charge in [0.05, 0.1) is 40.9 Å². The van der Waals surface area contributed by atoms with Crippen LogP contribution in [0, 0.1) is 0 Å². The van der Waals surface area contributed by atoms with Crippen molar-refractivity contribution >= 4 is 31.2 Å². The van der Waals surface area contributed by atoms with Crippen molar-refractivity contribution in [3.63, 3.8) is 0 Å². The fourth-order valence-electron chi connectivity index (χ4n) is 0.653. The van der Waals surface area contributed by atoms with E-state index in [0.29, 0.717) is 13.2 Å². The first-order chi connectivity index (χ1) is 7.18. The van der Waals surface area contributed by atoms with E-state index in [1.54, 1.807) is 13.8 Å². The van der Waals surface area contributed by atoms with Gasteiger partial charge in [-0.25, -0.2) is 0 Å². The standard InChI is InChI=1S/C5H13NS.C4H11O3PS/c1-6(2,3)4-5-7;1-3-6-8(5,9)7-4-2/h4-5H2,1-3H3;3-4H2,1-2H3,(H,5,9). The number of hydrogen-bond acceptors (Lipinski definition) is 5. The predicted molar refractivity (Wildman–Crippen MR) is 74.3 cm³/mol. The van der Waals surface area contributed by atoms with Crippen molar-refractivity contribution in [3.05, 3.63) is 0 Å². The number of quaternary nitrogens is 1. The van der Waals surface area contributed by atoms with Gasteiger partial charge in [-0.1, -0.05) is 11.8 Å². The molecule has 0 saturated carbocycles. The molecule has 0 aromatic rings. The Hall–Kier alpha value is 0.840. The summed E-state index contributed by atoms with van der Waals surface area (Å²) in [4.78, 5) is 10.8. The van der Waals surface area contributed by atoms with Crippen molar-refractivity contribution in [2.45, 2.75) is 13.8 Å². The number of thiol groups is 1. The van der Waals surface area contributed by atoms with E-state index in [4.69, 9.17) is 0 Å². The Labute approximate surface area is 110 Å². The lowest BCUT2D eigenvalue weighted by Crippen LogP contribution is -2.36. The molecular weight excluding hydrogens is 265 g/mol. The lowest BCUT2D eigenvalue weighted by Gasteiger charge is -2.25. The monoisotopic (exact) mass is 289 g/mol. The molecule has 0 rings (SSSR count). The van der Waals surface area contributed by atoms with Crippen LogP contribution in [0.15, 0.2) is 0 Å². The average Bonchev–Trinajstić information content (AvgIpc) is 2.01. The summed E-state index contributed by atoms with van der Waals surface area (Å²) in [6.07, 6.45) is 0. The third-order valence-electron chi connectivity index (χ3n) is 1.35. The van der Waals surface area contributed by atoms with E-state index < -0.39 is 6.72 Å². The molecule has 0 amide bonds. The van der Waals surface area contributed by atoms with Gasteiger partial charge in [-0.3, -0.25) is 0 Å². The number of nitrogens with zero attached hydrogens (tertiary/aromatic N) is 1. The molecule has 0 unspecified atom stereocenters. The van der Waals surface area contributed by atoms with Crippen LogP contribution in [0.25, 0.3) is 0 Å². The second kappa shape index (κ2) is 9.83. The molecule has 7 heteroatoms. The van der Waals surface area contributed by atoms with Gasteiger partial charge in [0.15, 0.2) is 0 Å². The zero-order valence-electron chi connectivity index (χ0n) is 10.8. The molecule has 16 heavy (non-hydrogen) atoms. The molecule has 4 nitrogen and oxygen atoms in total. The minimum atomic E-state index is -3.11. The van der Waals surface area contributed by atoms with Gasteiger partial charge in [0.1, 0.15) is 6.72 Å². The summed E-state index contributed by atoms with van der Waals surface area (Å²) in [7, 11) is 6.49. The van der Waals surface area contributed by atoms with Crippen LogP contribution in [0.5, 0.6) is 0 Å². The van der Waals surface area contributed by atoms with Gasteiger partial charge in [-0.05, 0) is 13.8 Å². The van der Waals surface area contributed by atoms with Crippen LogP contribution in [-0.2, 0) is 20.9 Å². The lowest BCUT2D eigenvalue weighted by atomic mass is 10.6. The van der Waals surface area contributed by atoms with E-state index in [1.165, 1.54) is 0 Å². The normalized spacial score (nSPS) is 11.9. The van der Waals surface area contributed by atoms with Crippen molar-refractivity contribution in [1.29, 1.82) is 0 Å². The zero-order chi connectivity index (χ0) is 13.2. The highest BCUT2D eigenvalue weighted by Gasteiger charge is 2.01. The fraction of sp³-hybridized carbons (Fsp3) is 1.00. The highest BCUT2D eigenvalue weighted by molar-refractivity contribution is 8.06. The number of hydrogen-bond donors (Lipinski definition) is 1. The second-order valence-electron chi connectivity index (χ2n) is 4.02. The summed E-state index contributed by atoms with van der Waals surface area (Å²) in [5.41, 5.74) is 0. The van der Waals surface area contributed by atoms with Gasteiger partial charge in [-0.2, -0.15) is 12.6 Å². The zero-order valence-corrected chi connectivity index (χ0v) is 13.4. The highest BCUT2D eigenvalue weighted by Crippen LogP contribution is 2.37. The molecule has 0 bridgehead atoms. The van der Waals surface area contributed by atoms with Gasteiger partial charge < -0.3 is 18.4 Å². The average molecular weight is 289 g/mol. The van der Waals surface area contributed by atoms with Crippen LogP contribution < -0.4 is 4.89 Å². The minimum Gasteiger partial charge on any atom is -0.780 e. The van der Waals surface area contributed by atoms with Crippen LogP contribution in [0.2, 0.25) is 0 Å². The molecule has 0 aromatic heterocycles. The second-order valence-corrected chi connectivity index (χ2v) is 7.22. The van der Waals surface area contributed by atoms with Crippen LogP contribution in [0.1, 0.15) is 13.8 Å². The summed E-state index contributed by atoms with van der Waals surface area (Å²) in [5, 5.41) is 0. The van der Waals surface area contributed by atoms with Gasteiger partial charge in [0.25, 0.3) is 0 Å². The van der Waals surface area contributed by atoms with Gasteiger partial charge in [-0.15, -0.1) is 0 Å². The fourth-order valence-corrected chi connectivity index (χ4v) is 2.59. The third-order valence-corrected chi connectivity index (χ3v) is 3.33. The molecule has 100 valence electrons. The molecule has 0 aliphatic carbocycles. The third kappa shape index (κ3) is 17.2. The topological polar surface area (TPSA) is 41.5 Å². The predicted octanol–water partition coefficient (Wildman–Crippen LogP) is 1.27. The van der Waals surface area contributed by atoms with E-state index in [0.717, 1.165) is 16.8 Å². The molecule has 0 aromatic carbocycles. The van der Waals surface area contributed by atoms with E-state index in [1.807, 2.05) is 0 Å². The molecule has 0 saturated heterocycles. The van der Waals surface area contributed by atoms with Crippen molar-refractivity contribution in [1.82, 2.24) is 0 Å². The largest absolute Gasteiger partial charge is 0.780 e. The van der Waals surface area contributed by atoms with Crippen molar-refractivity contribution in [2.75, 3.05) is 46.7 Å². The van der Waals surface area contributed by atoms with E-state index in [2.05, 4.69) is 54.6 Å². The van der Waals surface area contributed by atoms with Gasteiger partial charge >= 0.3 is 0 Å². The maximum atomic E-state index is 10.8. The van der Waals surface area contributed by atoms with Crippen molar-refractivity contribution in [2.24, 2.45) is 0 Å². The first-order valence-electron chi connectivity index (χ1n) is 5.20. The minimum absolute atomic E-state index is 0.334. The summed E-state index contributed by atoms with van der Waals surface area (Å²) in [6.45, 7) is 2.14. The molecule has 0 atom stereocenters. The quantitative estimate of drug-likeness (QED) is 0.454. The molecule has 0 aliphatic heterocycles. The van der Waals surface area contributed by atoms with Crippen LogP contribution in [0.3, 0.4) is 0 Å². The van der Waals surface area contributed by atoms with E-state index >= 15 is 0 Å². The van der Waals surface area contributed by atoms with Gasteiger partial charge in [0, 0.05) is 5.75 Å². The Bertz CT molecular complexity index is 199. The summed E-state index contributed by atoms with van der Waals surface area (Å²) < 4.78 is 10.3. The SMILES string of the molecule is CCOP([O-])(=S)OCC.C[N+](C)(C)CCS. The lowest BCUT2D eigenvalue weighted by molar-refractivity contribution is -0.867. The van der Waals surface area contributed by atoms with E-state index in [9.17, 15) is 4.89 Å². The molecule has 0 heterocycles. The van der Waals surface area contributed by atoms with Crippen LogP contribution >= 0.6 is 19.3 Å². The van der Waals surface area contributed by atoms with Crippen LogP contribution in [-0.4, -0.2) is 51.1 Å². The molecule has 0 fully saturated rings. The molecule has 0 N–H and O–H groups in total. The van der Waals surface area contributed by atoms with Crippen LogP contribution in [0.4, 0.5) is 0 Å². The summed E-state index contributed by atoms with van der Waals surface area (Å²) >= 11 is 8.55. The smallest absolute Gasteiger partial charge is 0.115 e. The maximum Gasteiger partial charge on any atom is 0.115 e. The molecular formula is C9H24NO3PS2. The molecule has 0 aliphatic rings. The summed E-state index contributed by atoms with van der Waals surface area (Å²) in [5.74, 6) is 0.976. The first kappa shape index (κ1) is 19.2. The Morgan fingerprint density at radius 2 is 1.56 bits per heavy atom. The highest BCUT2D eigenvalue weighted by atomic mass is 32.5. The van der Waals surface area contributed by atoms with Gasteiger partial charge in [0.2, 0.25) is 0 Å². The Kier molecular flexibility index (Phi) is 11.8. The Morgan fingerprint density at radius 1 is 1.19 bits per heavy atom. The van der Waals surface area contributed by atoms with Crippen molar-refractivity contribution < 1.29 is 18.4 Å².